The minimum atomic E-state index is -0.477. The van der Waals surface area contributed by atoms with Crippen LogP contribution in [0.25, 0.3) is 22.9 Å². The molecule has 2 aliphatic rings. The van der Waals surface area contributed by atoms with E-state index in [9.17, 15) is 4.79 Å². The maximum atomic E-state index is 12.9. The predicted octanol–water partition coefficient (Wildman–Crippen LogP) is 2.47. The number of carbonyl (C=O) groups excluding carboxylic acids is 1. The van der Waals surface area contributed by atoms with Crippen molar-refractivity contribution < 1.29 is 9.21 Å². The van der Waals surface area contributed by atoms with E-state index in [0.29, 0.717) is 61.1 Å². The van der Waals surface area contributed by atoms with E-state index in [1.54, 1.807) is 6.33 Å². The molecular formula is C22H22N8O2. The van der Waals surface area contributed by atoms with Crippen molar-refractivity contribution in [3.63, 3.8) is 0 Å². The van der Waals surface area contributed by atoms with Gasteiger partial charge in [-0.3, -0.25) is 4.79 Å². The molecule has 0 unspecified atom stereocenters. The quantitative estimate of drug-likeness (QED) is 0.527. The van der Waals surface area contributed by atoms with E-state index in [-0.39, 0.29) is 5.91 Å². The molecule has 32 heavy (non-hydrogen) atoms. The Hall–Kier alpha value is -3.82. The van der Waals surface area contributed by atoms with Crippen molar-refractivity contribution >= 4 is 28.6 Å². The molecule has 0 bridgehead atoms. The standard InChI is InChI=1S/C22H22N8O2/c1-3-15-27-28-20(32-15)19-26-16-17(29(19)2)23-12-24-18(16)30-10-8-22(9-11-30)13-6-4-5-7-14(13)25-21(22)31/h4-7,12H,3,8-11H2,1-2H3,(H,25,31). The van der Waals surface area contributed by atoms with Crippen LogP contribution in [-0.2, 0) is 23.7 Å². The van der Waals surface area contributed by atoms with Crippen LogP contribution in [0.1, 0.15) is 31.2 Å². The second-order valence-corrected chi connectivity index (χ2v) is 8.29. The van der Waals surface area contributed by atoms with Gasteiger partial charge in [0, 0.05) is 32.2 Å². The van der Waals surface area contributed by atoms with Gasteiger partial charge in [-0.25, -0.2) is 15.0 Å². The van der Waals surface area contributed by atoms with Gasteiger partial charge < -0.3 is 19.2 Å². The second-order valence-electron chi connectivity index (χ2n) is 8.29. The van der Waals surface area contributed by atoms with Gasteiger partial charge >= 0.3 is 0 Å². The third-order valence-electron chi connectivity index (χ3n) is 6.64. The van der Waals surface area contributed by atoms with E-state index < -0.39 is 5.41 Å². The van der Waals surface area contributed by atoms with E-state index >= 15 is 0 Å². The Kier molecular flexibility index (Phi) is 4.04. The van der Waals surface area contributed by atoms with Gasteiger partial charge in [-0.2, -0.15) is 0 Å². The highest BCUT2D eigenvalue weighted by Crippen LogP contribution is 2.45. The molecule has 0 saturated carbocycles. The number of nitrogens with one attached hydrogen (secondary N) is 1. The Morgan fingerprint density at radius 1 is 1.16 bits per heavy atom. The van der Waals surface area contributed by atoms with Gasteiger partial charge in [-0.15, -0.1) is 10.2 Å². The third-order valence-corrected chi connectivity index (χ3v) is 6.64. The number of piperidine rings is 1. The molecule has 1 N–H and O–H groups in total. The van der Waals surface area contributed by atoms with Crippen LogP contribution >= 0.6 is 0 Å². The highest BCUT2D eigenvalue weighted by molar-refractivity contribution is 6.06. The predicted molar refractivity (Wildman–Crippen MR) is 117 cm³/mol. The monoisotopic (exact) mass is 430 g/mol. The van der Waals surface area contributed by atoms with Gasteiger partial charge in [-0.1, -0.05) is 25.1 Å². The summed E-state index contributed by atoms with van der Waals surface area (Å²) in [6.45, 7) is 3.35. The minimum Gasteiger partial charge on any atom is -0.418 e. The molecule has 3 aromatic heterocycles. The van der Waals surface area contributed by atoms with Crippen LogP contribution < -0.4 is 10.2 Å². The van der Waals surface area contributed by atoms with Gasteiger partial charge in [0.2, 0.25) is 17.6 Å². The number of benzene rings is 1. The molecule has 10 heteroatoms. The summed E-state index contributed by atoms with van der Waals surface area (Å²) in [6, 6.07) is 7.99. The lowest BCUT2D eigenvalue weighted by molar-refractivity contribution is -0.121. The first-order valence-corrected chi connectivity index (χ1v) is 10.8. The lowest BCUT2D eigenvalue weighted by Crippen LogP contribution is -2.46. The Balaban J connectivity index is 1.34. The number of amides is 1. The summed E-state index contributed by atoms with van der Waals surface area (Å²) >= 11 is 0. The molecule has 10 nitrogen and oxygen atoms in total. The number of hydrogen-bond acceptors (Lipinski definition) is 8. The first-order valence-electron chi connectivity index (χ1n) is 10.8. The molecule has 4 aromatic rings. The molecule has 0 atom stereocenters. The van der Waals surface area contributed by atoms with E-state index in [1.165, 1.54) is 0 Å². The maximum Gasteiger partial charge on any atom is 0.284 e. The second kappa shape index (κ2) is 6.84. The first-order chi connectivity index (χ1) is 15.6. The van der Waals surface area contributed by atoms with E-state index in [0.717, 1.165) is 17.1 Å². The lowest BCUT2D eigenvalue weighted by atomic mass is 9.73. The largest absolute Gasteiger partial charge is 0.418 e. The maximum absolute atomic E-state index is 12.9. The van der Waals surface area contributed by atoms with Crippen molar-refractivity contribution in [2.75, 3.05) is 23.3 Å². The fraction of sp³-hybridized carbons (Fsp3) is 0.364. The number of para-hydroxylation sites is 1. The number of hydrogen-bond donors (Lipinski definition) is 1. The van der Waals surface area contributed by atoms with Crippen molar-refractivity contribution in [2.45, 2.75) is 31.6 Å². The normalized spacial score (nSPS) is 17.2. The number of aromatic nitrogens is 6. The molecular weight excluding hydrogens is 408 g/mol. The van der Waals surface area contributed by atoms with Gasteiger partial charge in [0.25, 0.3) is 5.89 Å². The van der Waals surface area contributed by atoms with Crippen molar-refractivity contribution in [2.24, 2.45) is 7.05 Å². The van der Waals surface area contributed by atoms with Crippen LogP contribution in [0.2, 0.25) is 0 Å². The third kappa shape index (κ3) is 2.58. The van der Waals surface area contributed by atoms with Crippen LogP contribution in [0.3, 0.4) is 0 Å². The topological polar surface area (TPSA) is 115 Å². The molecule has 0 aliphatic carbocycles. The van der Waals surface area contributed by atoms with Gasteiger partial charge in [-0.05, 0) is 24.5 Å². The van der Waals surface area contributed by atoms with Gasteiger partial charge in [0.1, 0.15) is 6.33 Å². The summed E-state index contributed by atoms with van der Waals surface area (Å²) in [6.07, 6.45) is 3.64. The molecule has 6 rings (SSSR count). The van der Waals surface area contributed by atoms with E-state index in [4.69, 9.17) is 9.40 Å². The number of rotatable bonds is 3. The number of anilines is 2. The molecule has 0 radical (unpaired) electrons. The number of carbonyl (C=O) groups is 1. The summed E-state index contributed by atoms with van der Waals surface area (Å²) in [4.78, 5) is 28.8. The van der Waals surface area contributed by atoms with Gasteiger partial charge in [0.05, 0.1) is 5.41 Å². The molecule has 5 heterocycles. The summed E-state index contributed by atoms with van der Waals surface area (Å²) in [5, 5.41) is 11.2. The summed E-state index contributed by atoms with van der Waals surface area (Å²) in [5.74, 6) is 2.34. The van der Waals surface area contributed by atoms with Crippen LogP contribution in [-0.4, -0.2) is 48.7 Å². The zero-order valence-corrected chi connectivity index (χ0v) is 17.9. The Bertz CT molecular complexity index is 1350. The van der Waals surface area contributed by atoms with E-state index in [2.05, 4.69) is 36.4 Å². The zero-order valence-electron chi connectivity index (χ0n) is 17.9. The fourth-order valence-corrected chi connectivity index (χ4v) is 4.87. The van der Waals surface area contributed by atoms with Crippen molar-refractivity contribution in [3.8, 4) is 11.7 Å². The number of aryl methyl sites for hydroxylation is 2. The first kappa shape index (κ1) is 18.9. The van der Waals surface area contributed by atoms with Crippen molar-refractivity contribution in [3.05, 3.63) is 42.0 Å². The summed E-state index contributed by atoms with van der Waals surface area (Å²) in [5.41, 5.74) is 2.94. The van der Waals surface area contributed by atoms with Crippen LogP contribution in [0, 0.1) is 0 Å². The number of fused-ring (bicyclic) bond motifs is 3. The molecule has 162 valence electrons. The molecule has 1 saturated heterocycles. The fourth-order valence-electron chi connectivity index (χ4n) is 4.87. The molecule has 1 amide bonds. The summed E-state index contributed by atoms with van der Waals surface area (Å²) < 4.78 is 7.56. The Labute approximate surface area is 183 Å². The van der Waals surface area contributed by atoms with Crippen LogP contribution in [0.5, 0.6) is 0 Å². The SMILES string of the molecule is CCc1nnc(-c2nc3c(N4CCC5(CC4)C(=O)Nc4ccccc45)ncnc3n2C)o1. The summed E-state index contributed by atoms with van der Waals surface area (Å²) in [7, 11) is 1.88. The highest BCUT2D eigenvalue weighted by Gasteiger charge is 2.48. The minimum absolute atomic E-state index is 0.0921. The van der Waals surface area contributed by atoms with Crippen LogP contribution in [0.15, 0.2) is 35.0 Å². The Morgan fingerprint density at radius 3 is 2.75 bits per heavy atom. The van der Waals surface area contributed by atoms with Gasteiger partial charge in [0.15, 0.2) is 17.0 Å². The number of nitrogens with zero attached hydrogens (tertiary/aromatic N) is 7. The Morgan fingerprint density at radius 2 is 1.97 bits per heavy atom. The smallest absolute Gasteiger partial charge is 0.284 e. The van der Waals surface area contributed by atoms with Crippen molar-refractivity contribution in [1.29, 1.82) is 0 Å². The highest BCUT2D eigenvalue weighted by atomic mass is 16.4. The molecule has 1 fully saturated rings. The molecule has 2 aliphatic heterocycles. The van der Waals surface area contributed by atoms with Crippen LogP contribution in [0.4, 0.5) is 11.5 Å². The van der Waals surface area contributed by atoms with E-state index in [1.807, 2.05) is 36.7 Å². The average Bonchev–Trinajstić information content (AvgIpc) is 3.50. The van der Waals surface area contributed by atoms with Crippen molar-refractivity contribution in [1.82, 2.24) is 29.7 Å². The molecule has 1 aromatic carbocycles. The molecule has 1 spiro atoms. The number of imidazole rings is 1. The zero-order chi connectivity index (χ0) is 21.9. The lowest BCUT2D eigenvalue weighted by Gasteiger charge is -2.38. The average molecular weight is 430 g/mol.